The summed E-state index contributed by atoms with van der Waals surface area (Å²) < 4.78 is 5.25. The molecular formula is C26H26N4O2. The lowest BCUT2D eigenvalue weighted by Gasteiger charge is -2.47. The molecule has 0 bridgehead atoms. The minimum Gasteiger partial charge on any atom is -0.497 e. The van der Waals surface area contributed by atoms with Crippen LogP contribution in [-0.2, 0) is 16.6 Å². The Labute approximate surface area is 188 Å². The number of rotatable bonds is 4. The number of amides is 1. The first-order valence-corrected chi connectivity index (χ1v) is 11.1. The first kappa shape index (κ1) is 20.3. The SMILES string of the molecule is COc1ccc(CCN2C(=N)[C@H](C#N)[C@]3(C(=O)Nc4ccccc43)C3=C2CCCC3)cc1. The molecule has 2 aromatic carbocycles. The number of carbonyl (C=O) groups is 1. The molecular weight excluding hydrogens is 400 g/mol. The summed E-state index contributed by atoms with van der Waals surface area (Å²) in [6, 6.07) is 17.9. The molecule has 32 heavy (non-hydrogen) atoms. The number of hydrogen-bond donors (Lipinski definition) is 2. The molecule has 0 aromatic heterocycles. The largest absolute Gasteiger partial charge is 0.497 e. The number of allylic oxidation sites excluding steroid dienone is 1. The maximum Gasteiger partial charge on any atom is 0.241 e. The van der Waals surface area contributed by atoms with Crippen molar-refractivity contribution in [2.45, 2.75) is 37.5 Å². The zero-order chi connectivity index (χ0) is 22.3. The molecule has 2 aromatic rings. The number of amidine groups is 1. The third kappa shape index (κ3) is 2.85. The minimum atomic E-state index is -1.09. The van der Waals surface area contributed by atoms with Crippen molar-refractivity contribution in [1.29, 1.82) is 10.7 Å². The molecule has 2 N–H and O–H groups in total. The molecule has 1 aliphatic carbocycles. The first-order valence-electron chi connectivity index (χ1n) is 11.1. The van der Waals surface area contributed by atoms with Crippen molar-refractivity contribution < 1.29 is 9.53 Å². The fourth-order valence-corrected chi connectivity index (χ4v) is 5.60. The number of nitrogens with zero attached hydrogens (tertiary/aromatic N) is 2. The van der Waals surface area contributed by atoms with E-state index >= 15 is 0 Å². The Morgan fingerprint density at radius 3 is 2.69 bits per heavy atom. The van der Waals surface area contributed by atoms with Gasteiger partial charge in [0.1, 0.15) is 22.9 Å². The van der Waals surface area contributed by atoms with Crippen molar-refractivity contribution in [3.63, 3.8) is 0 Å². The maximum absolute atomic E-state index is 13.5. The van der Waals surface area contributed by atoms with E-state index in [0.717, 1.165) is 65.9 Å². The molecule has 1 amide bonds. The quantitative estimate of drug-likeness (QED) is 0.759. The van der Waals surface area contributed by atoms with Crippen LogP contribution in [0.25, 0.3) is 0 Å². The van der Waals surface area contributed by atoms with E-state index in [4.69, 9.17) is 10.1 Å². The second-order valence-electron chi connectivity index (χ2n) is 8.64. The normalized spacial score (nSPS) is 24.1. The van der Waals surface area contributed by atoms with Crippen LogP contribution in [0, 0.1) is 22.7 Å². The fraction of sp³-hybridized carbons (Fsp3) is 0.346. The van der Waals surface area contributed by atoms with Gasteiger partial charge in [0.2, 0.25) is 5.91 Å². The molecule has 2 atom stereocenters. The van der Waals surface area contributed by atoms with Gasteiger partial charge in [-0.15, -0.1) is 0 Å². The lowest BCUT2D eigenvalue weighted by Crippen LogP contribution is -2.56. The Morgan fingerprint density at radius 2 is 1.94 bits per heavy atom. The number of fused-ring (bicyclic) bond motifs is 3. The minimum absolute atomic E-state index is 0.167. The number of ether oxygens (including phenoxy) is 1. The predicted molar refractivity (Wildman–Crippen MR) is 122 cm³/mol. The number of benzene rings is 2. The molecule has 0 fully saturated rings. The molecule has 6 heteroatoms. The van der Waals surface area contributed by atoms with Crippen molar-refractivity contribution in [2.24, 2.45) is 5.92 Å². The Morgan fingerprint density at radius 1 is 1.19 bits per heavy atom. The molecule has 0 radical (unpaired) electrons. The highest BCUT2D eigenvalue weighted by atomic mass is 16.5. The number of carbonyl (C=O) groups excluding carboxylic acids is 1. The van der Waals surface area contributed by atoms with Gasteiger partial charge in [0.05, 0.1) is 13.2 Å². The molecule has 3 aliphatic rings. The third-order valence-electron chi connectivity index (χ3n) is 7.11. The molecule has 162 valence electrons. The van der Waals surface area contributed by atoms with Crippen LogP contribution in [-0.4, -0.2) is 30.3 Å². The van der Waals surface area contributed by atoms with Crippen LogP contribution in [0.4, 0.5) is 5.69 Å². The second-order valence-corrected chi connectivity index (χ2v) is 8.64. The van der Waals surface area contributed by atoms with Gasteiger partial charge < -0.3 is 15.0 Å². The number of anilines is 1. The van der Waals surface area contributed by atoms with E-state index in [9.17, 15) is 10.1 Å². The van der Waals surface area contributed by atoms with Crippen LogP contribution in [0.1, 0.15) is 36.8 Å². The summed E-state index contributed by atoms with van der Waals surface area (Å²) in [6.45, 7) is 0.613. The molecule has 0 saturated heterocycles. The summed E-state index contributed by atoms with van der Waals surface area (Å²) in [5.41, 5.74) is 3.75. The summed E-state index contributed by atoms with van der Waals surface area (Å²) >= 11 is 0. The van der Waals surface area contributed by atoms with Crippen LogP contribution in [0.2, 0.25) is 0 Å². The fourth-order valence-electron chi connectivity index (χ4n) is 5.60. The van der Waals surface area contributed by atoms with Gasteiger partial charge in [0.15, 0.2) is 0 Å². The highest BCUT2D eigenvalue weighted by Gasteiger charge is 2.60. The van der Waals surface area contributed by atoms with Crippen LogP contribution in [0.15, 0.2) is 59.8 Å². The summed E-state index contributed by atoms with van der Waals surface area (Å²) in [7, 11) is 1.65. The van der Waals surface area contributed by atoms with Crippen molar-refractivity contribution in [2.75, 3.05) is 19.0 Å². The lowest BCUT2D eigenvalue weighted by molar-refractivity contribution is -0.120. The smallest absolute Gasteiger partial charge is 0.241 e. The number of nitriles is 1. The maximum atomic E-state index is 13.5. The number of hydrogen-bond acceptors (Lipinski definition) is 4. The van der Waals surface area contributed by atoms with E-state index in [2.05, 4.69) is 11.4 Å². The average molecular weight is 427 g/mol. The third-order valence-corrected chi connectivity index (χ3v) is 7.11. The van der Waals surface area contributed by atoms with Gasteiger partial charge in [-0.3, -0.25) is 10.2 Å². The van der Waals surface area contributed by atoms with Gasteiger partial charge in [-0.25, -0.2) is 0 Å². The summed E-state index contributed by atoms with van der Waals surface area (Å²) in [5.74, 6) is 0.0284. The second kappa shape index (κ2) is 7.83. The standard InChI is InChI=1S/C26H26N4O2/c1-32-18-12-10-17(11-13-18)14-15-30-23-9-5-3-7-20(23)26(21(16-27)24(30)28)19-6-2-4-8-22(19)29-25(26)31/h2,4,6,8,10-13,21,28H,3,5,7,9,14-15H2,1H3,(H,29,31)/t21-,26+/m0/s1. The van der Waals surface area contributed by atoms with Crippen molar-refractivity contribution in [3.8, 4) is 11.8 Å². The molecule has 0 saturated carbocycles. The van der Waals surface area contributed by atoms with Crippen molar-refractivity contribution in [1.82, 2.24) is 4.90 Å². The summed E-state index contributed by atoms with van der Waals surface area (Å²) in [4.78, 5) is 15.5. The van der Waals surface area contributed by atoms with E-state index in [0.29, 0.717) is 6.54 Å². The molecule has 1 spiro atoms. The summed E-state index contributed by atoms with van der Waals surface area (Å²) in [6.07, 6.45) is 4.38. The molecule has 0 unspecified atom stereocenters. The van der Waals surface area contributed by atoms with Gasteiger partial charge in [0.25, 0.3) is 0 Å². The van der Waals surface area contributed by atoms with Crippen LogP contribution >= 0.6 is 0 Å². The van der Waals surface area contributed by atoms with E-state index in [1.54, 1.807) is 7.11 Å². The Kier molecular flexibility index (Phi) is 4.97. The van der Waals surface area contributed by atoms with Gasteiger partial charge >= 0.3 is 0 Å². The number of para-hydroxylation sites is 1. The highest BCUT2D eigenvalue weighted by Crippen LogP contribution is 2.55. The van der Waals surface area contributed by atoms with Crippen LogP contribution < -0.4 is 10.1 Å². The van der Waals surface area contributed by atoms with Crippen molar-refractivity contribution >= 4 is 17.4 Å². The summed E-state index contributed by atoms with van der Waals surface area (Å²) in [5, 5.41) is 22.3. The van der Waals surface area contributed by atoms with E-state index in [1.165, 1.54) is 0 Å². The Bertz CT molecular complexity index is 1160. The molecule has 6 nitrogen and oxygen atoms in total. The van der Waals surface area contributed by atoms with Gasteiger partial charge in [-0.05, 0) is 67.0 Å². The monoisotopic (exact) mass is 426 g/mol. The first-order chi connectivity index (χ1) is 15.6. The van der Waals surface area contributed by atoms with Crippen LogP contribution in [0.5, 0.6) is 5.75 Å². The van der Waals surface area contributed by atoms with Gasteiger partial charge in [0, 0.05) is 17.9 Å². The van der Waals surface area contributed by atoms with E-state index in [1.807, 2.05) is 53.4 Å². The van der Waals surface area contributed by atoms with Crippen LogP contribution in [0.3, 0.4) is 0 Å². The van der Waals surface area contributed by atoms with Gasteiger partial charge in [-0.1, -0.05) is 30.3 Å². The Balaban J connectivity index is 1.58. The molecule has 5 rings (SSSR count). The van der Waals surface area contributed by atoms with E-state index in [-0.39, 0.29) is 11.7 Å². The number of methoxy groups -OCH3 is 1. The number of nitrogens with one attached hydrogen (secondary N) is 2. The zero-order valence-electron chi connectivity index (χ0n) is 18.1. The van der Waals surface area contributed by atoms with Crippen molar-refractivity contribution in [3.05, 3.63) is 70.9 Å². The highest BCUT2D eigenvalue weighted by molar-refractivity contribution is 6.13. The molecule has 2 aliphatic heterocycles. The Hall–Kier alpha value is -3.59. The topological polar surface area (TPSA) is 89.2 Å². The molecule has 2 heterocycles. The zero-order valence-corrected chi connectivity index (χ0v) is 18.1. The van der Waals surface area contributed by atoms with E-state index < -0.39 is 11.3 Å². The predicted octanol–water partition coefficient (Wildman–Crippen LogP) is 4.39. The average Bonchev–Trinajstić information content (AvgIpc) is 3.12. The van der Waals surface area contributed by atoms with Gasteiger partial charge in [-0.2, -0.15) is 5.26 Å². The lowest BCUT2D eigenvalue weighted by atomic mass is 9.60.